The predicted octanol–water partition coefficient (Wildman–Crippen LogP) is 2.48. The second kappa shape index (κ2) is 7.63. The lowest BCUT2D eigenvalue weighted by molar-refractivity contribution is -0.120. The van der Waals surface area contributed by atoms with Gasteiger partial charge in [-0.2, -0.15) is 0 Å². The van der Waals surface area contributed by atoms with Gasteiger partial charge in [0, 0.05) is 4.88 Å². The molecule has 0 aliphatic rings. The van der Waals surface area contributed by atoms with Crippen molar-refractivity contribution in [2.45, 2.75) is 13.0 Å². The van der Waals surface area contributed by atoms with Crippen LogP contribution in [0.2, 0.25) is 0 Å². The first-order valence-electron chi connectivity index (χ1n) is 6.74. The van der Waals surface area contributed by atoms with Gasteiger partial charge in [-0.3, -0.25) is 10.1 Å². The normalized spacial score (nSPS) is 11.6. The van der Waals surface area contributed by atoms with E-state index in [1.54, 1.807) is 11.3 Å². The average Bonchev–Trinajstić information content (AvgIpc) is 3.01. The third-order valence-electron chi connectivity index (χ3n) is 3.09. The smallest absolute Gasteiger partial charge is 0.234 e. The standard InChI is InChI=1S/C17H18N2OS/c1-3-10-18-16(20)12-19-17(15-5-4-11-21-15)14-8-6-13(2)7-9-14/h1,4-9,11,17,19H,10,12H2,2H3,(H,18,20)/t17-/m1/s1. The van der Waals surface area contributed by atoms with Gasteiger partial charge in [0.2, 0.25) is 5.91 Å². The van der Waals surface area contributed by atoms with E-state index in [1.165, 1.54) is 10.4 Å². The monoisotopic (exact) mass is 298 g/mol. The van der Waals surface area contributed by atoms with Gasteiger partial charge in [-0.1, -0.05) is 41.8 Å². The Bertz CT molecular complexity index is 611. The number of rotatable bonds is 6. The van der Waals surface area contributed by atoms with Crippen LogP contribution in [0.25, 0.3) is 0 Å². The summed E-state index contributed by atoms with van der Waals surface area (Å²) < 4.78 is 0. The number of terminal acetylenes is 1. The maximum absolute atomic E-state index is 11.7. The second-order valence-corrected chi connectivity index (χ2v) is 5.70. The molecule has 2 N–H and O–H groups in total. The van der Waals surface area contributed by atoms with Crippen molar-refractivity contribution in [3.05, 3.63) is 57.8 Å². The Labute approximate surface area is 129 Å². The van der Waals surface area contributed by atoms with E-state index in [9.17, 15) is 4.79 Å². The van der Waals surface area contributed by atoms with Crippen LogP contribution in [-0.2, 0) is 4.79 Å². The van der Waals surface area contributed by atoms with Crippen LogP contribution in [0.3, 0.4) is 0 Å². The number of benzene rings is 1. The summed E-state index contributed by atoms with van der Waals surface area (Å²) in [5.41, 5.74) is 2.36. The number of aryl methyl sites for hydroxylation is 1. The highest BCUT2D eigenvalue weighted by molar-refractivity contribution is 7.10. The molecule has 1 aromatic heterocycles. The summed E-state index contributed by atoms with van der Waals surface area (Å²) in [7, 11) is 0. The molecule has 1 amide bonds. The Morgan fingerprint density at radius 2 is 2.10 bits per heavy atom. The highest BCUT2D eigenvalue weighted by Gasteiger charge is 2.15. The molecule has 1 heterocycles. The lowest BCUT2D eigenvalue weighted by Crippen LogP contribution is -2.36. The third kappa shape index (κ3) is 4.45. The minimum Gasteiger partial charge on any atom is -0.344 e. The summed E-state index contributed by atoms with van der Waals surface area (Å²) in [5, 5.41) is 7.99. The number of carbonyl (C=O) groups is 1. The lowest BCUT2D eigenvalue weighted by atomic mass is 10.0. The quantitative estimate of drug-likeness (QED) is 0.805. The molecule has 2 aromatic rings. The first kappa shape index (κ1) is 15.3. The van der Waals surface area contributed by atoms with Crippen molar-refractivity contribution >= 4 is 17.2 Å². The van der Waals surface area contributed by atoms with Crippen LogP contribution in [0.5, 0.6) is 0 Å². The molecule has 4 heteroatoms. The molecule has 0 aliphatic heterocycles. The SMILES string of the molecule is C#CCNC(=O)CN[C@H](c1ccc(C)cc1)c1cccs1. The molecule has 21 heavy (non-hydrogen) atoms. The van der Waals surface area contributed by atoms with Gasteiger partial charge in [-0.05, 0) is 23.9 Å². The lowest BCUT2D eigenvalue weighted by Gasteiger charge is -2.18. The molecule has 3 nitrogen and oxygen atoms in total. The van der Waals surface area contributed by atoms with Crippen molar-refractivity contribution < 1.29 is 4.79 Å². The van der Waals surface area contributed by atoms with E-state index in [-0.39, 0.29) is 25.0 Å². The average molecular weight is 298 g/mol. The Morgan fingerprint density at radius 3 is 2.71 bits per heavy atom. The van der Waals surface area contributed by atoms with Crippen LogP contribution in [-0.4, -0.2) is 19.0 Å². The highest BCUT2D eigenvalue weighted by Crippen LogP contribution is 2.26. The Hall–Kier alpha value is -2.09. The summed E-state index contributed by atoms with van der Waals surface area (Å²) in [6, 6.07) is 12.4. The molecule has 0 fully saturated rings. The van der Waals surface area contributed by atoms with Crippen molar-refractivity contribution in [2.75, 3.05) is 13.1 Å². The largest absolute Gasteiger partial charge is 0.344 e. The summed E-state index contributed by atoms with van der Waals surface area (Å²) >= 11 is 1.67. The molecule has 0 saturated heterocycles. The molecule has 2 rings (SSSR count). The minimum atomic E-state index is -0.0957. The van der Waals surface area contributed by atoms with Gasteiger partial charge in [-0.15, -0.1) is 17.8 Å². The molecule has 0 bridgehead atoms. The van der Waals surface area contributed by atoms with E-state index >= 15 is 0 Å². The molecule has 1 atom stereocenters. The minimum absolute atomic E-state index is 0.0159. The maximum Gasteiger partial charge on any atom is 0.234 e. The number of amides is 1. The van der Waals surface area contributed by atoms with Gasteiger partial charge >= 0.3 is 0 Å². The summed E-state index contributed by atoms with van der Waals surface area (Å²) in [5.74, 6) is 2.30. The molecule has 0 radical (unpaired) electrons. The first-order chi connectivity index (χ1) is 10.2. The van der Waals surface area contributed by atoms with Crippen LogP contribution in [0, 0.1) is 19.3 Å². The fourth-order valence-electron chi connectivity index (χ4n) is 2.00. The van der Waals surface area contributed by atoms with E-state index in [2.05, 4.69) is 53.8 Å². The van der Waals surface area contributed by atoms with Crippen molar-refractivity contribution in [3.8, 4) is 12.3 Å². The van der Waals surface area contributed by atoms with Crippen molar-refractivity contribution in [1.29, 1.82) is 0 Å². The Kier molecular flexibility index (Phi) is 5.56. The number of hydrogen-bond donors (Lipinski definition) is 2. The summed E-state index contributed by atoms with van der Waals surface area (Å²) in [6.07, 6.45) is 5.13. The van der Waals surface area contributed by atoms with E-state index in [1.807, 2.05) is 11.4 Å². The molecular weight excluding hydrogens is 280 g/mol. The predicted molar refractivity (Wildman–Crippen MR) is 87.2 cm³/mol. The second-order valence-electron chi connectivity index (χ2n) is 4.72. The molecule has 0 saturated carbocycles. The van der Waals surface area contributed by atoms with E-state index < -0.39 is 0 Å². The maximum atomic E-state index is 11.7. The van der Waals surface area contributed by atoms with Gasteiger partial charge < -0.3 is 5.32 Å². The fraction of sp³-hybridized carbons (Fsp3) is 0.235. The van der Waals surface area contributed by atoms with Crippen molar-refractivity contribution in [2.24, 2.45) is 0 Å². The van der Waals surface area contributed by atoms with Crippen molar-refractivity contribution in [1.82, 2.24) is 10.6 Å². The third-order valence-corrected chi connectivity index (χ3v) is 4.03. The van der Waals surface area contributed by atoms with Gasteiger partial charge in [-0.25, -0.2) is 0 Å². The van der Waals surface area contributed by atoms with Gasteiger partial charge in [0.05, 0.1) is 19.1 Å². The zero-order valence-corrected chi connectivity index (χ0v) is 12.7. The van der Waals surface area contributed by atoms with Gasteiger partial charge in [0.1, 0.15) is 0 Å². The first-order valence-corrected chi connectivity index (χ1v) is 7.62. The van der Waals surface area contributed by atoms with Gasteiger partial charge in [0.25, 0.3) is 0 Å². The summed E-state index contributed by atoms with van der Waals surface area (Å²) in [6.45, 7) is 2.55. The molecule has 1 aromatic carbocycles. The topological polar surface area (TPSA) is 41.1 Å². The van der Waals surface area contributed by atoms with E-state index in [0.717, 1.165) is 5.56 Å². The molecule has 108 valence electrons. The zero-order chi connectivity index (χ0) is 15.1. The van der Waals surface area contributed by atoms with Crippen LogP contribution in [0.15, 0.2) is 41.8 Å². The Balaban J connectivity index is 2.09. The zero-order valence-electron chi connectivity index (χ0n) is 11.9. The van der Waals surface area contributed by atoms with Crippen LogP contribution >= 0.6 is 11.3 Å². The molecule has 0 aliphatic carbocycles. The van der Waals surface area contributed by atoms with E-state index in [0.29, 0.717) is 0 Å². The molecule has 0 spiro atoms. The van der Waals surface area contributed by atoms with Crippen LogP contribution < -0.4 is 10.6 Å². The summed E-state index contributed by atoms with van der Waals surface area (Å²) in [4.78, 5) is 12.9. The van der Waals surface area contributed by atoms with Crippen LogP contribution in [0.4, 0.5) is 0 Å². The van der Waals surface area contributed by atoms with E-state index in [4.69, 9.17) is 6.42 Å². The number of thiophene rings is 1. The highest BCUT2D eigenvalue weighted by atomic mass is 32.1. The van der Waals surface area contributed by atoms with Gasteiger partial charge in [0.15, 0.2) is 0 Å². The molecular formula is C17H18N2OS. The number of hydrogen-bond acceptors (Lipinski definition) is 3. The van der Waals surface area contributed by atoms with Crippen LogP contribution in [0.1, 0.15) is 22.0 Å². The van der Waals surface area contributed by atoms with Crippen molar-refractivity contribution in [3.63, 3.8) is 0 Å². The fourth-order valence-corrected chi connectivity index (χ4v) is 2.83. The Morgan fingerprint density at radius 1 is 1.33 bits per heavy atom. The number of nitrogens with one attached hydrogen (secondary N) is 2. The number of carbonyl (C=O) groups excluding carboxylic acids is 1. The molecule has 0 unspecified atom stereocenters.